The highest BCUT2D eigenvalue weighted by Gasteiger charge is 2.08. The van der Waals surface area contributed by atoms with Crippen molar-refractivity contribution in [1.29, 1.82) is 0 Å². The van der Waals surface area contributed by atoms with E-state index in [0.29, 0.717) is 5.92 Å². The summed E-state index contributed by atoms with van der Waals surface area (Å²) in [6, 6.07) is 1.96. The molecule has 6 nitrogen and oxygen atoms in total. The number of hydrogen-bond donors (Lipinski definition) is 2. The molecule has 1 aromatic rings. The summed E-state index contributed by atoms with van der Waals surface area (Å²) in [5.74, 6) is 1.40. The summed E-state index contributed by atoms with van der Waals surface area (Å²) in [6.45, 7) is 8.76. The largest absolute Gasteiger partial charge is 0.356 e. The maximum absolute atomic E-state index is 4.31. The lowest BCUT2D eigenvalue weighted by molar-refractivity contribution is 0.282. The molecule has 2 heterocycles. The molecule has 0 spiro atoms. The van der Waals surface area contributed by atoms with Crippen molar-refractivity contribution >= 4 is 5.96 Å². The van der Waals surface area contributed by atoms with Crippen molar-refractivity contribution in [3.05, 3.63) is 18.5 Å². The molecule has 1 aliphatic heterocycles. The van der Waals surface area contributed by atoms with Crippen LogP contribution in [0, 0.1) is 5.92 Å². The van der Waals surface area contributed by atoms with E-state index in [2.05, 4.69) is 32.5 Å². The molecule has 136 valence electrons. The Morgan fingerprint density at radius 1 is 1.21 bits per heavy atom. The molecule has 1 atom stereocenters. The van der Waals surface area contributed by atoms with Crippen molar-refractivity contribution in [2.75, 3.05) is 39.8 Å². The molecule has 1 aliphatic rings. The Kier molecular flexibility index (Phi) is 8.66. The number of guanidine groups is 1. The van der Waals surface area contributed by atoms with Crippen LogP contribution < -0.4 is 10.6 Å². The zero-order valence-electron chi connectivity index (χ0n) is 15.4. The van der Waals surface area contributed by atoms with Crippen molar-refractivity contribution in [2.24, 2.45) is 10.9 Å². The Balaban J connectivity index is 1.56. The van der Waals surface area contributed by atoms with Gasteiger partial charge in [-0.1, -0.05) is 19.8 Å². The van der Waals surface area contributed by atoms with Gasteiger partial charge in [-0.25, -0.2) is 0 Å². The zero-order valence-corrected chi connectivity index (χ0v) is 15.4. The number of nitrogens with one attached hydrogen (secondary N) is 2. The molecular weight excluding hydrogens is 300 g/mol. The molecule has 1 unspecified atom stereocenters. The molecule has 0 saturated carbocycles. The van der Waals surface area contributed by atoms with Crippen LogP contribution in [0.1, 0.15) is 39.0 Å². The van der Waals surface area contributed by atoms with E-state index in [1.165, 1.54) is 51.7 Å². The van der Waals surface area contributed by atoms with E-state index in [0.717, 1.165) is 25.6 Å². The third-order valence-corrected chi connectivity index (χ3v) is 4.54. The fraction of sp³-hybridized carbons (Fsp3) is 0.778. The maximum atomic E-state index is 4.31. The van der Waals surface area contributed by atoms with Crippen molar-refractivity contribution in [2.45, 2.75) is 45.6 Å². The van der Waals surface area contributed by atoms with E-state index < -0.39 is 0 Å². The SMILES string of the molecule is CN=C(NCCCN1CCCCCC1)NCC(C)Cn1cccn1. The van der Waals surface area contributed by atoms with Crippen LogP contribution in [0.25, 0.3) is 0 Å². The molecule has 0 bridgehead atoms. The third-order valence-electron chi connectivity index (χ3n) is 4.54. The van der Waals surface area contributed by atoms with E-state index >= 15 is 0 Å². The van der Waals surface area contributed by atoms with Gasteiger partial charge >= 0.3 is 0 Å². The lowest BCUT2D eigenvalue weighted by atomic mass is 10.2. The molecule has 24 heavy (non-hydrogen) atoms. The van der Waals surface area contributed by atoms with Crippen molar-refractivity contribution in [1.82, 2.24) is 25.3 Å². The lowest BCUT2D eigenvalue weighted by Crippen LogP contribution is -2.41. The molecule has 0 aromatic carbocycles. The minimum absolute atomic E-state index is 0.501. The quantitative estimate of drug-likeness (QED) is 0.433. The topological polar surface area (TPSA) is 57.5 Å². The van der Waals surface area contributed by atoms with Gasteiger partial charge in [-0.15, -0.1) is 0 Å². The first-order valence-corrected chi connectivity index (χ1v) is 9.42. The second-order valence-corrected chi connectivity index (χ2v) is 6.82. The molecule has 0 radical (unpaired) electrons. The summed E-state index contributed by atoms with van der Waals surface area (Å²) in [7, 11) is 1.84. The summed E-state index contributed by atoms with van der Waals surface area (Å²) < 4.78 is 1.98. The average molecular weight is 335 g/mol. The lowest BCUT2D eigenvalue weighted by Gasteiger charge is -2.20. The highest BCUT2D eigenvalue weighted by atomic mass is 15.3. The molecule has 2 rings (SSSR count). The van der Waals surface area contributed by atoms with Crippen LogP contribution >= 0.6 is 0 Å². The van der Waals surface area contributed by atoms with Crippen LogP contribution in [0.15, 0.2) is 23.5 Å². The van der Waals surface area contributed by atoms with Crippen LogP contribution in [0.3, 0.4) is 0 Å². The Morgan fingerprint density at radius 3 is 2.67 bits per heavy atom. The minimum Gasteiger partial charge on any atom is -0.356 e. The standard InChI is InChI=1S/C18H34N6/c1-17(16-24-14-8-10-22-24)15-21-18(19-2)20-9-7-13-23-11-5-3-4-6-12-23/h8,10,14,17H,3-7,9,11-13,15-16H2,1-2H3,(H2,19,20,21). The van der Waals surface area contributed by atoms with Gasteiger partial charge < -0.3 is 15.5 Å². The summed E-state index contributed by atoms with van der Waals surface area (Å²) in [5, 5.41) is 11.1. The molecule has 1 saturated heterocycles. The predicted octanol–water partition coefficient (Wildman–Crippen LogP) is 1.95. The second kappa shape index (κ2) is 11.1. The fourth-order valence-corrected chi connectivity index (χ4v) is 3.15. The first-order chi connectivity index (χ1) is 11.8. The number of aromatic nitrogens is 2. The maximum Gasteiger partial charge on any atom is 0.190 e. The van der Waals surface area contributed by atoms with E-state index in [1.807, 2.05) is 30.2 Å². The number of aliphatic imine (C=N–C) groups is 1. The van der Waals surface area contributed by atoms with Gasteiger partial charge in [0.25, 0.3) is 0 Å². The van der Waals surface area contributed by atoms with Gasteiger partial charge in [0.15, 0.2) is 5.96 Å². The number of likely N-dealkylation sites (tertiary alicyclic amines) is 1. The Hall–Kier alpha value is -1.56. The van der Waals surface area contributed by atoms with Crippen molar-refractivity contribution in [3.8, 4) is 0 Å². The highest BCUT2D eigenvalue weighted by Crippen LogP contribution is 2.09. The Bertz CT molecular complexity index is 448. The first kappa shape index (κ1) is 18.8. The van der Waals surface area contributed by atoms with Gasteiger partial charge in [0.05, 0.1) is 0 Å². The smallest absolute Gasteiger partial charge is 0.190 e. The molecule has 0 aliphatic carbocycles. The molecule has 1 fully saturated rings. The summed E-state index contributed by atoms with van der Waals surface area (Å²) >= 11 is 0. The van der Waals surface area contributed by atoms with Gasteiger partial charge in [-0.05, 0) is 50.9 Å². The van der Waals surface area contributed by atoms with Gasteiger partial charge in [-0.2, -0.15) is 5.10 Å². The number of hydrogen-bond acceptors (Lipinski definition) is 3. The normalized spacial score (nSPS) is 18.2. The van der Waals surface area contributed by atoms with Crippen LogP contribution in [0.2, 0.25) is 0 Å². The van der Waals surface area contributed by atoms with E-state index in [9.17, 15) is 0 Å². The molecule has 0 amide bonds. The summed E-state index contributed by atoms with van der Waals surface area (Å²) in [6.07, 6.45) is 10.5. The van der Waals surface area contributed by atoms with Crippen LogP contribution in [0.5, 0.6) is 0 Å². The third kappa shape index (κ3) is 7.34. The monoisotopic (exact) mass is 334 g/mol. The van der Waals surface area contributed by atoms with E-state index in [-0.39, 0.29) is 0 Å². The Morgan fingerprint density at radius 2 is 2.00 bits per heavy atom. The molecule has 2 N–H and O–H groups in total. The second-order valence-electron chi connectivity index (χ2n) is 6.82. The average Bonchev–Trinajstić information content (AvgIpc) is 2.95. The fourth-order valence-electron chi connectivity index (χ4n) is 3.15. The highest BCUT2D eigenvalue weighted by molar-refractivity contribution is 5.79. The molecule has 1 aromatic heterocycles. The van der Waals surface area contributed by atoms with E-state index in [1.54, 1.807) is 0 Å². The van der Waals surface area contributed by atoms with Gasteiger partial charge in [0, 0.05) is 39.1 Å². The van der Waals surface area contributed by atoms with E-state index in [4.69, 9.17) is 0 Å². The minimum atomic E-state index is 0.501. The summed E-state index contributed by atoms with van der Waals surface area (Å²) in [4.78, 5) is 6.92. The van der Waals surface area contributed by atoms with Crippen LogP contribution in [0.4, 0.5) is 0 Å². The van der Waals surface area contributed by atoms with Gasteiger partial charge in [-0.3, -0.25) is 9.67 Å². The zero-order chi connectivity index (χ0) is 17.0. The van der Waals surface area contributed by atoms with Gasteiger partial charge in [0.2, 0.25) is 0 Å². The molecular formula is C18H34N6. The van der Waals surface area contributed by atoms with Crippen molar-refractivity contribution in [3.63, 3.8) is 0 Å². The summed E-state index contributed by atoms with van der Waals surface area (Å²) in [5.41, 5.74) is 0. The molecule has 6 heteroatoms. The van der Waals surface area contributed by atoms with Crippen LogP contribution in [-0.4, -0.2) is 60.4 Å². The van der Waals surface area contributed by atoms with Crippen LogP contribution in [-0.2, 0) is 6.54 Å². The Labute approximate surface area is 146 Å². The first-order valence-electron chi connectivity index (χ1n) is 9.42. The predicted molar refractivity (Wildman–Crippen MR) is 100 cm³/mol. The number of nitrogens with zero attached hydrogens (tertiary/aromatic N) is 4. The van der Waals surface area contributed by atoms with Crippen molar-refractivity contribution < 1.29 is 0 Å². The van der Waals surface area contributed by atoms with Gasteiger partial charge in [0.1, 0.15) is 0 Å². The number of rotatable bonds is 8.